The molecular weight excluding hydrogens is 263 g/mol. The fraction of sp³-hybridized carbons (Fsp3) is 0.143. The lowest BCUT2D eigenvalue weighted by Gasteiger charge is -1.99. The number of aromatic nitrogens is 2. The Balaban J connectivity index is 2.12. The monoisotopic (exact) mass is 274 g/mol. The second-order valence-corrected chi connectivity index (χ2v) is 5.51. The summed E-state index contributed by atoms with van der Waals surface area (Å²) in [5.41, 5.74) is 1.42. The Morgan fingerprint density at radius 2 is 2.16 bits per heavy atom. The van der Waals surface area contributed by atoms with Gasteiger partial charge in [0.15, 0.2) is 0 Å². The molecule has 19 heavy (non-hydrogen) atoms. The van der Waals surface area contributed by atoms with Crippen LogP contribution in [-0.2, 0) is 7.05 Å². The molecule has 2 aromatic heterocycles. The highest BCUT2D eigenvalue weighted by Gasteiger charge is 2.18. The van der Waals surface area contributed by atoms with Crippen LogP contribution in [0.1, 0.15) is 20.9 Å². The van der Waals surface area contributed by atoms with Crippen molar-refractivity contribution >= 4 is 27.2 Å². The van der Waals surface area contributed by atoms with Gasteiger partial charge < -0.3 is 0 Å². The Morgan fingerprint density at radius 1 is 1.37 bits per heavy atom. The van der Waals surface area contributed by atoms with E-state index in [9.17, 15) is 9.18 Å². The SMILES string of the molecule is Cc1cnn(C)c1C(=O)c1cc2ccc(F)cc2s1. The van der Waals surface area contributed by atoms with Crippen molar-refractivity contribution in [2.45, 2.75) is 6.92 Å². The summed E-state index contributed by atoms with van der Waals surface area (Å²) in [5.74, 6) is -0.357. The number of hydrogen-bond donors (Lipinski definition) is 0. The minimum atomic E-state index is -0.287. The molecule has 2 heterocycles. The van der Waals surface area contributed by atoms with Crippen molar-refractivity contribution < 1.29 is 9.18 Å². The molecule has 1 aromatic carbocycles. The first-order chi connectivity index (χ1) is 9.06. The second kappa shape index (κ2) is 4.28. The van der Waals surface area contributed by atoms with Crippen molar-refractivity contribution in [2.75, 3.05) is 0 Å². The molecule has 3 aromatic rings. The second-order valence-electron chi connectivity index (χ2n) is 4.42. The van der Waals surface area contributed by atoms with Gasteiger partial charge in [0, 0.05) is 11.7 Å². The van der Waals surface area contributed by atoms with Gasteiger partial charge in [0.2, 0.25) is 5.78 Å². The van der Waals surface area contributed by atoms with Crippen LogP contribution in [-0.4, -0.2) is 15.6 Å². The van der Waals surface area contributed by atoms with Crippen molar-refractivity contribution in [3.8, 4) is 0 Å². The van der Waals surface area contributed by atoms with Crippen molar-refractivity contribution in [3.05, 3.63) is 52.4 Å². The first-order valence-corrected chi connectivity index (χ1v) is 6.60. The van der Waals surface area contributed by atoms with E-state index in [2.05, 4.69) is 5.10 Å². The molecule has 0 aliphatic carbocycles. The summed E-state index contributed by atoms with van der Waals surface area (Å²) in [4.78, 5) is 13.1. The zero-order valence-electron chi connectivity index (χ0n) is 10.5. The molecule has 3 rings (SSSR count). The minimum absolute atomic E-state index is 0.0703. The van der Waals surface area contributed by atoms with Gasteiger partial charge in [0.1, 0.15) is 11.5 Å². The van der Waals surface area contributed by atoms with E-state index in [0.29, 0.717) is 10.6 Å². The molecule has 0 aliphatic heterocycles. The first kappa shape index (κ1) is 12.0. The molecule has 0 amide bonds. The van der Waals surface area contributed by atoms with E-state index >= 15 is 0 Å². The average Bonchev–Trinajstić information content (AvgIpc) is 2.92. The van der Waals surface area contributed by atoms with Gasteiger partial charge in [-0.2, -0.15) is 5.10 Å². The molecule has 0 N–H and O–H groups in total. The summed E-state index contributed by atoms with van der Waals surface area (Å²) >= 11 is 1.30. The summed E-state index contributed by atoms with van der Waals surface area (Å²) in [7, 11) is 1.74. The van der Waals surface area contributed by atoms with Crippen molar-refractivity contribution in [1.29, 1.82) is 0 Å². The molecule has 0 saturated heterocycles. The molecule has 0 unspecified atom stereocenters. The summed E-state index contributed by atoms with van der Waals surface area (Å²) in [6, 6.07) is 6.34. The zero-order valence-corrected chi connectivity index (χ0v) is 11.3. The van der Waals surface area contributed by atoms with Gasteiger partial charge in [-0.3, -0.25) is 9.48 Å². The van der Waals surface area contributed by atoms with Crippen LogP contribution in [0.3, 0.4) is 0 Å². The number of nitrogens with zero attached hydrogens (tertiary/aromatic N) is 2. The topological polar surface area (TPSA) is 34.9 Å². The van der Waals surface area contributed by atoms with E-state index in [1.165, 1.54) is 23.5 Å². The highest BCUT2D eigenvalue weighted by molar-refractivity contribution is 7.21. The normalized spacial score (nSPS) is 11.1. The van der Waals surface area contributed by atoms with Crippen molar-refractivity contribution in [2.24, 2.45) is 7.05 Å². The fourth-order valence-electron chi connectivity index (χ4n) is 2.11. The van der Waals surface area contributed by atoms with Crippen LogP contribution in [0.25, 0.3) is 10.1 Å². The molecule has 0 radical (unpaired) electrons. The van der Waals surface area contributed by atoms with Gasteiger partial charge in [0.05, 0.1) is 11.1 Å². The zero-order chi connectivity index (χ0) is 13.6. The lowest BCUT2D eigenvalue weighted by atomic mass is 10.1. The molecule has 3 nitrogen and oxygen atoms in total. The number of hydrogen-bond acceptors (Lipinski definition) is 3. The molecule has 96 valence electrons. The summed E-state index contributed by atoms with van der Waals surface area (Å²) in [6.45, 7) is 1.85. The standard InChI is InChI=1S/C14H11FN2OS/c1-8-7-16-17(2)13(8)14(18)12-5-9-3-4-10(15)6-11(9)19-12/h3-7H,1-2H3. The van der Waals surface area contributed by atoms with E-state index in [4.69, 9.17) is 0 Å². The summed E-state index contributed by atoms with van der Waals surface area (Å²) in [5, 5.41) is 4.96. The highest BCUT2D eigenvalue weighted by Crippen LogP contribution is 2.28. The summed E-state index contributed by atoms with van der Waals surface area (Å²) in [6.07, 6.45) is 1.67. The first-order valence-electron chi connectivity index (χ1n) is 5.78. The average molecular weight is 274 g/mol. The number of fused-ring (bicyclic) bond motifs is 1. The van der Waals surface area contributed by atoms with Crippen LogP contribution in [0.2, 0.25) is 0 Å². The fourth-order valence-corrected chi connectivity index (χ4v) is 3.14. The number of thiophene rings is 1. The van der Waals surface area contributed by atoms with Crippen LogP contribution in [0.4, 0.5) is 4.39 Å². The van der Waals surface area contributed by atoms with Crippen molar-refractivity contribution in [1.82, 2.24) is 9.78 Å². The van der Waals surface area contributed by atoms with E-state index in [1.807, 2.05) is 6.92 Å². The van der Waals surface area contributed by atoms with Crippen LogP contribution in [0.5, 0.6) is 0 Å². The number of halogens is 1. The molecule has 0 bridgehead atoms. The van der Waals surface area contributed by atoms with Gasteiger partial charge in [-0.05, 0) is 36.1 Å². The molecule has 0 atom stereocenters. The summed E-state index contributed by atoms with van der Waals surface area (Å²) < 4.78 is 15.5. The van der Waals surface area contributed by atoms with E-state index in [1.54, 1.807) is 30.1 Å². The Bertz CT molecular complexity index is 768. The molecule has 0 aliphatic rings. The maximum absolute atomic E-state index is 13.2. The number of ketones is 1. The number of carbonyl (C=O) groups excluding carboxylic acids is 1. The Hall–Kier alpha value is -2.01. The van der Waals surface area contributed by atoms with Gasteiger partial charge in [-0.25, -0.2) is 4.39 Å². The van der Waals surface area contributed by atoms with Gasteiger partial charge in [-0.15, -0.1) is 11.3 Å². The third-order valence-electron chi connectivity index (χ3n) is 3.04. The van der Waals surface area contributed by atoms with E-state index < -0.39 is 0 Å². The van der Waals surface area contributed by atoms with E-state index in [0.717, 1.165) is 15.6 Å². The Labute approximate surface area is 113 Å². The van der Waals surface area contributed by atoms with Gasteiger partial charge in [0.25, 0.3) is 0 Å². The number of aryl methyl sites for hydroxylation is 2. The number of benzene rings is 1. The van der Waals surface area contributed by atoms with Crippen LogP contribution >= 0.6 is 11.3 Å². The largest absolute Gasteiger partial charge is 0.286 e. The van der Waals surface area contributed by atoms with Gasteiger partial charge >= 0.3 is 0 Å². The van der Waals surface area contributed by atoms with Crippen LogP contribution in [0.15, 0.2) is 30.5 Å². The molecular formula is C14H11FN2OS. The maximum atomic E-state index is 13.2. The quantitative estimate of drug-likeness (QED) is 0.672. The maximum Gasteiger partial charge on any atom is 0.221 e. The molecule has 5 heteroatoms. The van der Waals surface area contributed by atoms with Crippen molar-refractivity contribution in [3.63, 3.8) is 0 Å². The highest BCUT2D eigenvalue weighted by atomic mass is 32.1. The molecule has 0 spiro atoms. The lowest BCUT2D eigenvalue weighted by molar-refractivity contribution is 0.103. The van der Waals surface area contributed by atoms with Gasteiger partial charge in [-0.1, -0.05) is 6.07 Å². The minimum Gasteiger partial charge on any atom is -0.286 e. The van der Waals surface area contributed by atoms with Crippen LogP contribution in [0, 0.1) is 12.7 Å². The third kappa shape index (κ3) is 1.96. The molecule has 0 fully saturated rings. The van der Waals surface area contributed by atoms with Crippen LogP contribution < -0.4 is 0 Å². The Morgan fingerprint density at radius 3 is 2.84 bits per heavy atom. The smallest absolute Gasteiger partial charge is 0.221 e. The lowest BCUT2D eigenvalue weighted by Crippen LogP contribution is -2.08. The predicted molar refractivity (Wildman–Crippen MR) is 73.2 cm³/mol. The molecule has 0 saturated carbocycles. The Kier molecular flexibility index (Phi) is 2.71. The van der Waals surface area contributed by atoms with E-state index in [-0.39, 0.29) is 11.6 Å². The number of carbonyl (C=O) groups is 1. The predicted octanol–water partition coefficient (Wildman–Crippen LogP) is 3.31. The number of rotatable bonds is 2. The third-order valence-corrected chi connectivity index (χ3v) is 4.14.